The normalized spacial score (nSPS) is 18.3. The molecule has 1 saturated heterocycles. The quantitative estimate of drug-likeness (QED) is 0.799. The van der Waals surface area contributed by atoms with E-state index in [1.54, 1.807) is 6.92 Å². The third-order valence-electron chi connectivity index (χ3n) is 6.83. The van der Waals surface area contributed by atoms with Gasteiger partial charge < -0.3 is 15.1 Å². The van der Waals surface area contributed by atoms with Gasteiger partial charge >= 0.3 is 0 Å². The van der Waals surface area contributed by atoms with E-state index in [0.717, 1.165) is 54.3 Å². The Hall–Kier alpha value is -2.96. The fourth-order valence-corrected chi connectivity index (χ4v) is 4.71. The molecule has 2 aliphatic heterocycles. The average molecular weight is 436 g/mol. The van der Waals surface area contributed by atoms with Gasteiger partial charge in [0.05, 0.1) is 18.7 Å². The molecule has 1 aromatic carbocycles. The summed E-state index contributed by atoms with van der Waals surface area (Å²) in [6.45, 7) is 8.47. The van der Waals surface area contributed by atoms with E-state index in [0.29, 0.717) is 26.1 Å². The molecule has 1 aromatic heterocycles. The minimum atomic E-state index is 0.111. The number of likely N-dealkylation sites (tertiary alicyclic amines) is 1. The Balaban J connectivity index is 1.51. The van der Waals surface area contributed by atoms with Crippen molar-refractivity contribution < 1.29 is 9.59 Å². The predicted molar refractivity (Wildman–Crippen MR) is 125 cm³/mol. The second-order valence-corrected chi connectivity index (χ2v) is 9.07. The van der Waals surface area contributed by atoms with E-state index in [1.807, 2.05) is 22.9 Å². The first-order valence-electron chi connectivity index (χ1n) is 11.5. The zero-order valence-corrected chi connectivity index (χ0v) is 19.6. The van der Waals surface area contributed by atoms with Crippen LogP contribution < -0.4 is 5.32 Å². The SMILES string of the molecule is CNc1nc([C@@H]2CCCN(C(C)=O)C2)nc2c1CN(C(=O)Cc1ccc(C)c(C)c1)CC2. The first-order chi connectivity index (χ1) is 15.4. The Bertz CT molecular complexity index is 1020. The molecule has 0 spiro atoms. The van der Waals surface area contributed by atoms with E-state index in [4.69, 9.17) is 9.97 Å². The highest BCUT2D eigenvalue weighted by molar-refractivity contribution is 5.79. The van der Waals surface area contributed by atoms with Gasteiger partial charge in [0.15, 0.2) is 0 Å². The fraction of sp³-hybridized carbons (Fsp3) is 0.520. The zero-order valence-electron chi connectivity index (χ0n) is 19.6. The number of amides is 2. The van der Waals surface area contributed by atoms with Crippen LogP contribution in [0.3, 0.4) is 0 Å². The molecule has 1 fully saturated rings. The molecule has 2 aliphatic rings. The average Bonchev–Trinajstić information content (AvgIpc) is 2.80. The number of aryl methyl sites for hydroxylation is 2. The van der Waals surface area contributed by atoms with Gasteiger partial charge in [-0.15, -0.1) is 0 Å². The van der Waals surface area contributed by atoms with Crippen molar-refractivity contribution in [2.24, 2.45) is 0 Å². The van der Waals surface area contributed by atoms with Gasteiger partial charge in [0.1, 0.15) is 11.6 Å². The molecule has 7 heteroatoms. The Morgan fingerprint density at radius 2 is 1.94 bits per heavy atom. The molecule has 7 nitrogen and oxygen atoms in total. The predicted octanol–water partition coefficient (Wildman–Crippen LogP) is 2.99. The second kappa shape index (κ2) is 9.27. The lowest BCUT2D eigenvalue weighted by Crippen LogP contribution is -2.39. The number of carbonyl (C=O) groups is 2. The number of nitrogens with one attached hydrogen (secondary N) is 1. The van der Waals surface area contributed by atoms with Crippen molar-refractivity contribution in [3.8, 4) is 0 Å². The molecule has 0 radical (unpaired) electrons. The summed E-state index contributed by atoms with van der Waals surface area (Å²) >= 11 is 0. The molecule has 0 aliphatic carbocycles. The van der Waals surface area contributed by atoms with Crippen molar-refractivity contribution in [3.05, 3.63) is 52.0 Å². The monoisotopic (exact) mass is 435 g/mol. The van der Waals surface area contributed by atoms with E-state index in [-0.39, 0.29) is 17.7 Å². The largest absolute Gasteiger partial charge is 0.373 e. The third-order valence-corrected chi connectivity index (χ3v) is 6.83. The Kier molecular flexibility index (Phi) is 6.44. The number of anilines is 1. The molecule has 2 amide bonds. The molecule has 0 bridgehead atoms. The summed E-state index contributed by atoms with van der Waals surface area (Å²) in [5, 5.41) is 3.22. The van der Waals surface area contributed by atoms with E-state index < -0.39 is 0 Å². The molecule has 1 N–H and O–H groups in total. The van der Waals surface area contributed by atoms with Crippen LogP contribution in [-0.2, 0) is 29.0 Å². The maximum absolute atomic E-state index is 13.0. The number of rotatable bonds is 4. The van der Waals surface area contributed by atoms with Crippen molar-refractivity contribution in [1.82, 2.24) is 19.8 Å². The van der Waals surface area contributed by atoms with Crippen LogP contribution in [0.25, 0.3) is 0 Å². The highest BCUT2D eigenvalue weighted by Gasteiger charge is 2.29. The highest BCUT2D eigenvalue weighted by atomic mass is 16.2. The minimum absolute atomic E-state index is 0.111. The molecule has 170 valence electrons. The first-order valence-corrected chi connectivity index (χ1v) is 11.5. The molecule has 1 atom stereocenters. The summed E-state index contributed by atoms with van der Waals surface area (Å²) in [7, 11) is 1.87. The lowest BCUT2D eigenvalue weighted by atomic mass is 9.96. The van der Waals surface area contributed by atoms with Gasteiger partial charge in [-0.05, 0) is 43.4 Å². The van der Waals surface area contributed by atoms with Crippen molar-refractivity contribution in [3.63, 3.8) is 0 Å². The van der Waals surface area contributed by atoms with Crippen LogP contribution in [0, 0.1) is 13.8 Å². The van der Waals surface area contributed by atoms with Crippen molar-refractivity contribution in [2.75, 3.05) is 32.0 Å². The summed E-state index contributed by atoms with van der Waals surface area (Å²) in [6, 6.07) is 6.23. The van der Waals surface area contributed by atoms with Crippen LogP contribution in [0.15, 0.2) is 18.2 Å². The van der Waals surface area contributed by atoms with Gasteiger partial charge in [0, 0.05) is 51.5 Å². The van der Waals surface area contributed by atoms with Crippen LogP contribution in [0.5, 0.6) is 0 Å². The first kappa shape index (κ1) is 22.2. The summed E-state index contributed by atoms with van der Waals surface area (Å²) in [4.78, 5) is 38.4. The smallest absolute Gasteiger partial charge is 0.227 e. The number of nitrogens with zero attached hydrogens (tertiary/aromatic N) is 4. The fourth-order valence-electron chi connectivity index (χ4n) is 4.71. The molecule has 32 heavy (non-hydrogen) atoms. The van der Waals surface area contributed by atoms with E-state index in [1.165, 1.54) is 11.1 Å². The van der Waals surface area contributed by atoms with Gasteiger partial charge in [0.25, 0.3) is 0 Å². The van der Waals surface area contributed by atoms with E-state index >= 15 is 0 Å². The van der Waals surface area contributed by atoms with Gasteiger partial charge in [-0.1, -0.05) is 18.2 Å². The maximum atomic E-state index is 13.0. The molecule has 0 unspecified atom stereocenters. The maximum Gasteiger partial charge on any atom is 0.227 e. The van der Waals surface area contributed by atoms with E-state index in [2.05, 4.69) is 31.3 Å². The zero-order chi connectivity index (χ0) is 22.8. The second-order valence-electron chi connectivity index (χ2n) is 9.07. The minimum Gasteiger partial charge on any atom is -0.373 e. The molecule has 2 aromatic rings. The molecule has 3 heterocycles. The summed E-state index contributed by atoms with van der Waals surface area (Å²) in [6.07, 6.45) is 3.10. The number of carbonyl (C=O) groups excluding carboxylic acids is 2. The lowest BCUT2D eigenvalue weighted by molar-refractivity contribution is -0.131. The van der Waals surface area contributed by atoms with Crippen molar-refractivity contribution in [1.29, 1.82) is 0 Å². The van der Waals surface area contributed by atoms with Crippen LogP contribution in [-0.4, -0.2) is 58.3 Å². The Morgan fingerprint density at radius 1 is 1.12 bits per heavy atom. The summed E-state index contributed by atoms with van der Waals surface area (Å²) in [5.74, 6) is 2.02. The van der Waals surface area contributed by atoms with Crippen LogP contribution in [0.2, 0.25) is 0 Å². The Labute approximate surface area is 190 Å². The summed E-state index contributed by atoms with van der Waals surface area (Å²) < 4.78 is 0. The number of hydrogen-bond donors (Lipinski definition) is 1. The topological polar surface area (TPSA) is 78.4 Å². The van der Waals surface area contributed by atoms with Gasteiger partial charge in [0.2, 0.25) is 11.8 Å². The number of hydrogen-bond acceptors (Lipinski definition) is 5. The number of aromatic nitrogens is 2. The summed E-state index contributed by atoms with van der Waals surface area (Å²) in [5.41, 5.74) is 5.54. The van der Waals surface area contributed by atoms with Crippen LogP contribution in [0.1, 0.15) is 59.5 Å². The molecular formula is C25H33N5O2. The van der Waals surface area contributed by atoms with Crippen molar-refractivity contribution in [2.45, 2.75) is 58.9 Å². The number of piperidine rings is 1. The number of fused-ring (bicyclic) bond motifs is 1. The van der Waals surface area contributed by atoms with Crippen molar-refractivity contribution >= 4 is 17.6 Å². The van der Waals surface area contributed by atoms with Gasteiger partial charge in [-0.3, -0.25) is 9.59 Å². The lowest BCUT2D eigenvalue weighted by Gasteiger charge is -2.33. The third kappa shape index (κ3) is 4.61. The standard InChI is InChI=1S/C25H33N5O2/c1-16-7-8-19(12-17(16)2)13-23(32)30-11-9-22-21(15-30)25(26-4)28-24(27-22)20-6-5-10-29(14-20)18(3)31/h7-8,12,20H,5-6,9-11,13-15H2,1-4H3,(H,26,27,28)/t20-/m1/s1. The number of benzene rings is 1. The molecule has 4 rings (SSSR count). The van der Waals surface area contributed by atoms with Crippen LogP contribution >= 0.6 is 0 Å². The molecule has 0 saturated carbocycles. The van der Waals surface area contributed by atoms with E-state index in [9.17, 15) is 9.59 Å². The Morgan fingerprint density at radius 3 is 2.66 bits per heavy atom. The van der Waals surface area contributed by atoms with Crippen LogP contribution in [0.4, 0.5) is 5.82 Å². The molecular weight excluding hydrogens is 402 g/mol. The van der Waals surface area contributed by atoms with Gasteiger partial charge in [-0.2, -0.15) is 0 Å². The van der Waals surface area contributed by atoms with Gasteiger partial charge in [-0.25, -0.2) is 9.97 Å². The highest BCUT2D eigenvalue weighted by Crippen LogP contribution is 2.30.